The molecule has 0 bridgehead atoms. The number of piperidine rings is 1. The molecule has 2 N–H and O–H groups in total. The standard InChI is InChI=1S/C13H16F2N2O/c14-13(15,10-4-2-1-3-5-10)9-17-11-6-7-12(18)16-8-11/h1-5,11,17H,6-9H2,(H,16,18). The molecule has 1 atom stereocenters. The van der Waals surface area contributed by atoms with Gasteiger partial charge in [0, 0.05) is 24.6 Å². The fourth-order valence-electron chi connectivity index (χ4n) is 1.96. The maximum atomic E-state index is 13.8. The average Bonchev–Trinajstić information content (AvgIpc) is 2.39. The number of carbonyl (C=O) groups excluding carboxylic acids is 1. The van der Waals surface area contributed by atoms with Crippen LogP contribution in [-0.4, -0.2) is 25.0 Å². The first kappa shape index (κ1) is 13.0. The predicted molar refractivity (Wildman–Crippen MR) is 64.4 cm³/mol. The van der Waals surface area contributed by atoms with Crippen molar-refractivity contribution in [3.63, 3.8) is 0 Å². The van der Waals surface area contributed by atoms with Crippen LogP contribution in [-0.2, 0) is 10.7 Å². The average molecular weight is 254 g/mol. The van der Waals surface area contributed by atoms with E-state index in [-0.39, 0.29) is 17.5 Å². The van der Waals surface area contributed by atoms with Crippen LogP contribution in [0.5, 0.6) is 0 Å². The Morgan fingerprint density at radius 3 is 2.67 bits per heavy atom. The summed E-state index contributed by atoms with van der Waals surface area (Å²) in [4.78, 5) is 10.9. The van der Waals surface area contributed by atoms with Gasteiger partial charge in [0.2, 0.25) is 5.91 Å². The quantitative estimate of drug-likeness (QED) is 0.857. The zero-order valence-electron chi connectivity index (χ0n) is 9.96. The van der Waals surface area contributed by atoms with Crippen LogP contribution in [0.2, 0.25) is 0 Å². The highest BCUT2D eigenvalue weighted by Gasteiger charge is 2.32. The topological polar surface area (TPSA) is 41.1 Å². The van der Waals surface area contributed by atoms with Gasteiger partial charge in [0.15, 0.2) is 0 Å². The smallest absolute Gasteiger partial charge is 0.285 e. The number of halogens is 2. The fraction of sp³-hybridized carbons (Fsp3) is 0.462. The lowest BCUT2D eigenvalue weighted by Crippen LogP contribution is -2.48. The van der Waals surface area contributed by atoms with Crippen LogP contribution in [0.1, 0.15) is 18.4 Å². The van der Waals surface area contributed by atoms with E-state index in [0.29, 0.717) is 19.4 Å². The molecule has 98 valence electrons. The molecule has 1 aromatic carbocycles. The zero-order chi connectivity index (χ0) is 13.0. The van der Waals surface area contributed by atoms with Crippen LogP contribution in [0.25, 0.3) is 0 Å². The highest BCUT2D eigenvalue weighted by Crippen LogP contribution is 2.26. The van der Waals surface area contributed by atoms with E-state index in [4.69, 9.17) is 0 Å². The summed E-state index contributed by atoms with van der Waals surface area (Å²) < 4.78 is 27.7. The van der Waals surface area contributed by atoms with Crippen molar-refractivity contribution < 1.29 is 13.6 Å². The lowest BCUT2D eigenvalue weighted by molar-refractivity contribution is -0.122. The summed E-state index contributed by atoms with van der Waals surface area (Å²) in [6.07, 6.45) is 1.01. The van der Waals surface area contributed by atoms with Gasteiger partial charge in [-0.25, -0.2) is 0 Å². The van der Waals surface area contributed by atoms with Gasteiger partial charge < -0.3 is 10.6 Å². The van der Waals surface area contributed by atoms with Gasteiger partial charge in [-0.15, -0.1) is 0 Å². The van der Waals surface area contributed by atoms with Gasteiger partial charge in [-0.05, 0) is 6.42 Å². The van der Waals surface area contributed by atoms with E-state index in [0.717, 1.165) is 0 Å². The molecule has 0 radical (unpaired) electrons. The fourth-order valence-corrected chi connectivity index (χ4v) is 1.96. The molecular weight excluding hydrogens is 238 g/mol. The molecule has 1 heterocycles. The molecule has 1 saturated heterocycles. The Morgan fingerprint density at radius 2 is 2.06 bits per heavy atom. The predicted octanol–water partition coefficient (Wildman–Crippen LogP) is 1.65. The monoisotopic (exact) mass is 254 g/mol. The number of hydrogen-bond acceptors (Lipinski definition) is 2. The van der Waals surface area contributed by atoms with Gasteiger partial charge in [-0.1, -0.05) is 30.3 Å². The van der Waals surface area contributed by atoms with E-state index in [2.05, 4.69) is 10.6 Å². The van der Waals surface area contributed by atoms with Crippen molar-refractivity contribution in [2.75, 3.05) is 13.1 Å². The molecule has 1 unspecified atom stereocenters. The summed E-state index contributed by atoms with van der Waals surface area (Å²) >= 11 is 0. The van der Waals surface area contributed by atoms with Crippen molar-refractivity contribution >= 4 is 5.91 Å². The van der Waals surface area contributed by atoms with Crippen LogP contribution in [0.3, 0.4) is 0 Å². The maximum absolute atomic E-state index is 13.8. The molecule has 0 aromatic heterocycles. The Hall–Kier alpha value is -1.49. The maximum Gasteiger partial charge on any atom is 0.285 e. The third kappa shape index (κ3) is 3.26. The van der Waals surface area contributed by atoms with E-state index in [1.54, 1.807) is 18.2 Å². The van der Waals surface area contributed by atoms with E-state index in [1.165, 1.54) is 12.1 Å². The number of amides is 1. The lowest BCUT2D eigenvalue weighted by Gasteiger charge is -2.26. The first-order valence-electron chi connectivity index (χ1n) is 6.01. The molecule has 0 aliphatic carbocycles. The molecular formula is C13H16F2N2O. The minimum Gasteiger partial charge on any atom is -0.355 e. The largest absolute Gasteiger partial charge is 0.355 e. The Bertz CT molecular complexity index is 399. The molecule has 0 spiro atoms. The minimum atomic E-state index is -2.89. The van der Waals surface area contributed by atoms with Crippen molar-refractivity contribution in [3.05, 3.63) is 35.9 Å². The van der Waals surface area contributed by atoms with E-state index >= 15 is 0 Å². The van der Waals surface area contributed by atoms with Crippen molar-refractivity contribution in [2.45, 2.75) is 24.8 Å². The molecule has 0 saturated carbocycles. The van der Waals surface area contributed by atoms with Crippen molar-refractivity contribution in [3.8, 4) is 0 Å². The van der Waals surface area contributed by atoms with Gasteiger partial charge in [-0.3, -0.25) is 4.79 Å². The number of carbonyl (C=O) groups is 1. The number of rotatable bonds is 4. The molecule has 5 heteroatoms. The first-order chi connectivity index (χ1) is 8.58. The van der Waals surface area contributed by atoms with Gasteiger partial charge >= 0.3 is 0 Å². The Labute approximate surface area is 105 Å². The summed E-state index contributed by atoms with van der Waals surface area (Å²) in [7, 11) is 0. The van der Waals surface area contributed by atoms with E-state index in [9.17, 15) is 13.6 Å². The molecule has 1 aliphatic heterocycles. The second-order valence-electron chi connectivity index (χ2n) is 4.49. The van der Waals surface area contributed by atoms with Gasteiger partial charge in [0.05, 0.1) is 6.54 Å². The van der Waals surface area contributed by atoms with Crippen molar-refractivity contribution in [1.29, 1.82) is 0 Å². The number of alkyl halides is 2. The Kier molecular flexibility index (Phi) is 3.91. The highest BCUT2D eigenvalue weighted by molar-refractivity contribution is 5.76. The van der Waals surface area contributed by atoms with Crippen LogP contribution in [0.4, 0.5) is 8.78 Å². The third-order valence-corrected chi connectivity index (χ3v) is 3.07. The van der Waals surface area contributed by atoms with Gasteiger partial charge in [0.25, 0.3) is 5.92 Å². The molecule has 2 rings (SSSR count). The second kappa shape index (κ2) is 5.44. The Balaban J connectivity index is 1.87. The number of hydrogen-bond donors (Lipinski definition) is 2. The first-order valence-corrected chi connectivity index (χ1v) is 6.01. The van der Waals surface area contributed by atoms with Gasteiger partial charge in [-0.2, -0.15) is 8.78 Å². The van der Waals surface area contributed by atoms with Crippen molar-refractivity contribution in [1.82, 2.24) is 10.6 Å². The molecule has 18 heavy (non-hydrogen) atoms. The molecule has 3 nitrogen and oxygen atoms in total. The summed E-state index contributed by atoms with van der Waals surface area (Å²) in [6, 6.07) is 7.68. The molecule has 1 aromatic rings. The zero-order valence-corrected chi connectivity index (χ0v) is 9.96. The van der Waals surface area contributed by atoms with E-state index in [1.807, 2.05) is 0 Å². The molecule has 1 amide bonds. The minimum absolute atomic E-state index is 0.0112. The molecule has 1 aliphatic rings. The Morgan fingerprint density at radius 1 is 1.33 bits per heavy atom. The number of benzene rings is 1. The van der Waals surface area contributed by atoms with Crippen LogP contribution < -0.4 is 10.6 Å². The van der Waals surface area contributed by atoms with Crippen LogP contribution >= 0.6 is 0 Å². The van der Waals surface area contributed by atoms with Gasteiger partial charge in [0.1, 0.15) is 0 Å². The molecule has 1 fully saturated rings. The van der Waals surface area contributed by atoms with Crippen LogP contribution in [0, 0.1) is 0 Å². The third-order valence-electron chi connectivity index (χ3n) is 3.07. The SMILES string of the molecule is O=C1CCC(NCC(F)(F)c2ccccc2)CN1. The van der Waals surface area contributed by atoms with Crippen LogP contribution in [0.15, 0.2) is 30.3 Å². The van der Waals surface area contributed by atoms with Crippen molar-refractivity contribution in [2.24, 2.45) is 0 Å². The summed E-state index contributed by atoms with van der Waals surface area (Å²) in [6.45, 7) is 0.0151. The summed E-state index contributed by atoms with van der Waals surface area (Å²) in [5.74, 6) is -2.90. The second-order valence-corrected chi connectivity index (χ2v) is 4.49. The summed E-state index contributed by atoms with van der Waals surface area (Å²) in [5.41, 5.74) is 0.0114. The van der Waals surface area contributed by atoms with E-state index < -0.39 is 12.5 Å². The highest BCUT2D eigenvalue weighted by atomic mass is 19.3. The lowest BCUT2D eigenvalue weighted by atomic mass is 10.1. The normalized spacial score (nSPS) is 20.6. The number of nitrogens with one attached hydrogen (secondary N) is 2. The summed E-state index contributed by atoms with van der Waals surface area (Å²) in [5, 5.41) is 5.48.